The molecule has 0 saturated heterocycles. The number of hydrogen-bond donors (Lipinski definition) is 3. The molecule has 0 saturated carbocycles. The van der Waals surface area contributed by atoms with Crippen molar-refractivity contribution >= 4 is 17.5 Å². The fourth-order valence-corrected chi connectivity index (χ4v) is 1.68. The standard InChI is InChI=1S/C13H18ClNO3/c1-8(7-16)9(2)15-13(18)12(17)10-5-3-4-6-11(10)14/h3-6,8-9,12,16-17H,7H2,1-2H3,(H,15,18)/t8?,9?,12-/m1/s1. The molecular formula is C13H18ClNO3. The molecule has 2 unspecified atom stereocenters. The quantitative estimate of drug-likeness (QED) is 0.760. The number of carbonyl (C=O) groups is 1. The van der Waals surface area contributed by atoms with Gasteiger partial charge in [0.15, 0.2) is 6.10 Å². The molecule has 0 heterocycles. The lowest BCUT2D eigenvalue weighted by atomic mass is 10.0. The molecule has 0 aromatic heterocycles. The van der Waals surface area contributed by atoms with E-state index < -0.39 is 12.0 Å². The summed E-state index contributed by atoms with van der Waals surface area (Å²) in [7, 11) is 0. The number of aliphatic hydroxyl groups excluding tert-OH is 2. The number of hydrogen-bond acceptors (Lipinski definition) is 3. The van der Waals surface area contributed by atoms with Crippen molar-refractivity contribution < 1.29 is 15.0 Å². The molecule has 3 atom stereocenters. The molecule has 0 fully saturated rings. The van der Waals surface area contributed by atoms with Crippen LogP contribution >= 0.6 is 11.6 Å². The molecular weight excluding hydrogens is 254 g/mol. The van der Waals surface area contributed by atoms with Crippen LogP contribution in [0.25, 0.3) is 0 Å². The van der Waals surface area contributed by atoms with Gasteiger partial charge in [-0.3, -0.25) is 4.79 Å². The Labute approximate surface area is 112 Å². The van der Waals surface area contributed by atoms with E-state index in [1.165, 1.54) is 0 Å². The zero-order valence-electron chi connectivity index (χ0n) is 10.4. The van der Waals surface area contributed by atoms with E-state index in [0.717, 1.165) is 0 Å². The highest BCUT2D eigenvalue weighted by atomic mass is 35.5. The Morgan fingerprint density at radius 1 is 1.39 bits per heavy atom. The van der Waals surface area contributed by atoms with Crippen LogP contribution in [0.4, 0.5) is 0 Å². The van der Waals surface area contributed by atoms with Gasteiger partial charge in [-0.1, -0.05) is 36.7 Å². The van der Waals surface area contributed by atoms with E-state index in [1.54, 1.807) is 31.2 Å². The van der Waals surface area contributed by atoms with Crippen LogP contribution in [0.5, 0.6) is 0 Å². The molecule has 4 nitrogen and oxygen atoms in total. The van der Waals surface area contributed by atoms with Gasteiger partial charge in [-0.15, -0.1) is 0 Å². The van der Waals surface area contributed by atoms with E-state index in [1.807, 2.05) is 6.92 Å². The molecule has 1 aromatic rings. The first-order valence-corrected chi connectivity index (χ1v) is 6.19. The lowest BCUT2D eigenvalue weighted by Gasteiger charge is -2.21. The van der Waals surface area contributed by atoms with Crippen LogP contribution in [0.2, 0.25) is 5.02 Å². The monoisotopic (exact) mass is 271 g/mol. The topological polar surface area (TPSA) is 69.6 Å². The van der Waals surface area contributed by atoms with Gasteiger partial charge >= 0.3 is 0 Å². The van der Waals surface area contributed by atoms with Gasteiger partial charge in [-0.2, -0.15) is 0 Å². The van der Waals surface area contributed by atoms with Crippen LogP contribution in [0.15, 0.2) is 24.3 Å². The van der Waals surface area contributed by atoms with E-state index >= 15 is 0 Å². The maximum absolute atomic E-state index is 11.8. The van der Waals surface area contributed by atoms with Crippen LogP contribution in [0, 0.1) is 5.92 Å². The van der Waals surface area contributed by atoms with Crippen molar-refractivity contribution in [2.45, 2.75) is 26.0 Å². The molecule has 5 heteroatoms. The predicted octanol–water partition coefficient (Wildman–Crippen LogP) is 1.51. The average molecular weight is 272 g/mol. The largest absolute Gasteiger partial charge is 0.396 e. The maximum Gasteiger partial charge on any atom is 0.253 e. The first-order chi connectivity index (χ1) is 8.47. The van der Waals surface area contributed by atoms with Crippen LogP contribution in [0.3, 0.4) is 0 Å². The first kappa shape index (κ1) is 15.0. The van der Waals surface area contributed by atoms with Crippen LogP contribution in [-0.2, 0) is 4.79 Å². The lowest BCUT2D eigenvalue weighted by molar-refractivity contribution is -0.130. The summed E-state index contributed by atoms with van der Waals surface area (Å²) in [5, 5.41) is 21.9. The van der Waals surface area contributed by atoms with E-state index in [2.05, 4.69) is 5.32 Å². The van der Waals surface area contributed by atoms with Crippen LogP contribution in [-0.4, -0.2) is 28.8 Å². The van der Waals surface area contributed by atoms with Crippen molar-refractivity contribution in [1.29, 1.82) is 0 Å². The van der Waals surface area contributed by atoms with E-state index in [0.29, 0.717) is 10.6 Å². The van der Waals surface area contributed by atoms with Crippen molar-refractivity contribution in [2.75, 3.05) is 6.61 Å². The highest BCUT2D eigenvalue weighted by molar-refractivity contribution is 6.31. The second kappa shape index (κ2) is 6.73. The number of nitrogens with one attached hydrogen (secondary N) is 1. The number of rotatable bonds is 5. The molecule has 0 aliphatic rings. The molecule has 1 rings (SSSR count). The maximum atomic E-state index is 11.8. The molecule has 0 radical (unpaired) electrons. The zero-order chi connectivity index (χ0) is 13.7. The third kappa shape index (κ3) is 3.70. The SMILES string of the molecule is CC(CO)C(C)NC(=O)[C@H](O)c1ccccc1Cl. The van der Waals surface area contributed by atoms with Crippen molar-refractivity contribution in [1.82, 2.24) is 5.32 Å². The summed E-state index contributed by atoms with van der Waals surface area (Å²) in [6.07, 6.45) is -1.30. The molecule has 0 bridgehead atoms. The third-order valence-corrected chi connectivity index (χ3v) is 3.30. The Bertz CT molecular complexity index is 411. The average Bonchev–Trinajstić information content (AvgIpc) is 2.37. The highest BCUT2D eigenvalue weighted by Crippen LogP contribution is 2.22. The fraction of sp³-hybridized carbons (Fsp3) is 0.462. The summed E-state index contributed by atoms with van der Waals surface area (Å²) >= 11 is 5.91. The van der Waals surface area contributed by atoms with E-state index in [4.69, 9.17) is 16.7 Å². The van der Waals surface area contributed by atoms with Gasteiger partial charge in [0.25, 0.3) is 5.91 Å². The Kier molecular flexibility index (Phi) is 5.59. The number of amides is 1. The van der Waals surface area contributed by atoms with E-state index in [-0.39, 0.29) is 18.6 Å². The lowest BCUT2D eigenvalue weighted by Crippen LogP contribution is -2.41. The van der Waals surface area contributed by atoms with Gasteiger partial charge in [-0.25, -0.2) is 0 Å². The number of benzene rings is 1. The minimum atomic E-state index is -1.30. The van der Waals surface area contributed by atoms with Crippen LogP contribution in [0.1, 0.15) is 25.5 Å². The van der Waals surface area contributed by atoms with E-state index in [9.17, 15) is 9.90 Å². The summed E-state index contributed by atoms with van der Waals surface area (Å²) in [5.74, 6) is -0.594. The van der Waals surface area contributed by atoms with Gasteiger partial charge in [0.05, 0.1) is 0 Å². The van der Waals surface area contributed by atoms with Crippen molar-refractivity contribution in [3.05, 3.63) is 34.9 Å². The smallest absolute Gasteiger partial charge is 0.253 e. The fourth-order valence-electron chi connectivity index (χ4n) is 1.44. The molecule has 0 spiro atoms. The van der Waals surface area contributed by atoms with Crippen LogP contribution < -0.4 is 5.32 Å². The summed E-state index contributed by atoms with van der Waals surface area (Å²) in [4.78, 5) is 11.8. The molecule has 0 aliphatic carbocycles. The van der Waals surface area contributed by atoms with Crippen molar-refractivity contribution in [3.8, 4) is 0 Å². The molecule has 3 N–H and O–H groups in total. The molecule has 1 amide bonds. The Morgan fingerprint density at radius 2 is 2.00 bits per heavy atom. The summed E-state index contributed by atoms with van der Waals surface area (Å²) in [6, 6.07) is 6.43. The molecule has 1 aromatic carbocycles. The summed E-state index contributed by atoms with van der Waals surface area (Å²) < 4.78 is 0. The zero-order valence-corrected chi connectivity index (χ0v) is 11.2. The molecule has 100 valence electrons. The Balaban J connectivity index is 2.71. The Morgan fingerprint density at radius 3 is 2.56 bits per heavy atom. The van der Waals surface area contributed by atoms with Gasteiger partial charge in [-0.05, 0) is 18.9 Å². The highest BCUT2D eigenvalue weighted by Gasteiger charge is 2.22. The molecule has 18 heavy (non-hydrogen) atoms. The number of carbonyl (C=O) groups excluding carboxylic acids is 1. The summed E-state index contributed by atoms with van der Waals surface area (Å²) in [5.41, 5.74) is 0.375. The van der Waals surface area contributed by atoms with Gasteiger partial charge in [0.2, 0.25) is 0 Å². The number of halogens is 1. The van der Waals surface area contributed by atoms with Gasteiger partial charge in [0, 0.05) is 23.2 Å². The predicted molar refractivity (Wildman–Crippen MR) is 70.3 cm³/mol. The Hall–Kier alpha value is -1.10. The number of aliphatic hydroxyl groups is 2. The minimum Gasteiger partial charge on any atom is -0.396 e. The first-order valence-electron chi connectivity index (χ1n) is 5.81. The second-order valence-electron chi connectivity index (χ2n) is 4.38. The summed E-state index contributed by atoms with van der Waals surface area (Å²) in [6.45, 7) is 3.56. The van der Waals surface area contributed by atoms with Gasteiger partial charge < -0.3 is 15.5 Å². The van der Waals surface area contributed by atoms with Crippen molar-refractivity contribution in [2.24, 2.45) is 5.92 Å². The molecule has 0 aliphatic heterocycles. The van der Waals surface area contributed by atoms with Gasteiger partial charge in [0.1, 0.15) is 0 Å². The third-order valence-electron chi connectivity index (χ3n) is 2.96. The normalized spacial score (nSPS) is 15.8. The second-order valence-corrected chi connectivity index (χ2v) is 4.79. The minimum absolute atomic E-state index is 0.0242. The van der Waals surface area contributed by atoms with Crippen molar-refractivity contribution in [3.63, 3.8) is 0 Å².